The molecule has 0 spiro atoms. The van der Waals surface area contributed by atoms with Gasteiger partial charge in [0.25, 0.3) is 0 Å². The molecule has 2 aliphatic heterocycles. The Morgan fingerprint density at radius 1 is 1.38 bits per heavy atom. The molecule has 0 N–H and O–H groups in total. The van der Waals surface area contributed by atoms with Crippen molar-refractivity contribution in [2.75, 3.05) is 13.1 Å². The first-order valence-corrected chi connectivity index (χ1v) is 8.42. The van der Waals surface area contributed by atoms with Crippen LogP contribution >= 0.6 is 11.3 Å². The number of likely N-dealkylation sites (tertiary alicyclic amines) is 1. The van der Waals surface area contributed by atoms with Gasteiger partial charge in [-0.15, -0.1) is 11.3 Å². The Hall–Kier alpha value is -1.30. The van der Waals surface area contributed by atoms with Crippen LogP contribution in [0.5, 0.6) is 0 Å². The summed E-state index contributed by atoms with van der Waals surface area (Å²) in [4.78, 5) is 12.3. The van der Waals surface area contributed by atoms with Crippen molar-refractivity contribution in [2.45, 2.75) is 31.6 Å². The van der Waals surface area contributed by atoms with E-state index in [0.29, 0.717) is 12.0 Å². The zero-order valence-corrected chi connectivity index (χ0v) is 12.7. The quantitative estimate of drug-likeness (QED) is 0.874. The maximum Gasteiger partial charge on any atom is 0.115 e. The third-order valence-electron chi connectivity index (χ3n) is 4.53. The lowest BCUT2D eigenvalue weighted by Gasteiger charge is -2.33. The first-order chi connectivity index (χ1) is 10.4. The number of piperidine rings is 1. The van der Waals surface area contributed by atoms with Gasteiger partial charge < -0.3 is 4.74 Å². The van der Waals surface area contributed by atoms with Gasteiger partial charge >= 0.3 is 0 Å². The number of hydrogen-bond donors (Lipinski definition) is 0. The molecule has 3 atom stereocenters. The third kappa shape index (κ3) is 2.86. The second-order valence-electron chi connectivity index (χ2n) is 5.90. The predicted octanol–water partition coefficient (Wildman–Crippen LogP) is 2.89. The van der Waals surface area contributed by atoms with E-state index < -0.39 is 0 Å². The molecule has 4 nitrogen and oxygen atoms in total. The predicted molar refractivity (Wildman–Crippen MR) is 82.0 cm³/mol. The molecule has 0 saturated carbocycles. The lowest BCUT2D eigenvalue weighted by Crippen LogP contribution is -2.41. The van der Waals surface area contributed by atoms with Crippen molar-refractivity contribution >= 4 is 11.3 Å². The van der Waals surface area contributed by atoms with E-state index in [0.717, 1.165) is 25.2 Å². The van der Waals surface area contributed by atoms with E-state index in [1.165, 1.54) is 17.8 Å². The second-order valence-corrected chi connectivity index (χ2v) is 6.93. The van der Waals surface area contributed by atoms with Gasteiger partial charge in [-0.1, -0.05) is 6.07 Å². The highest BCUT2D eigenvalue weighted by atomic mass is 32.1. The number of aromatic nitrogens is 2. The van der Waals surface area contributed by atoms with Gasteiger partial charge in [0, 0.05) is 24.2 Å². The lowest BCUT2D eigenvalue weighted by molar-refractivity contribution is -0.0104. The van der Waals surface area contributed by atoms with E-state index in [4.69, 9.17) is 4.74 Å². The van der Waals surface area contributed by atoms with Crippen molar-refractivity contribution < 1.29 is 4.74 Å². The van der Waals surface area contributed by atoms with Crippen LogP contribution < -0.4 is 0 Å². The molecule has 2 saturated heterocycles. The topological polar surface area (TPSA) is 38.2 Å². The summed E-state index contributed by atoms with van der Waals surface area (Å²) in [6, 6.07) is 6.32. The van der Waals surface area contributed by atoms with Gasteiger partial charge in [-0.2, -0.15) is 0 Å². The summed E-state index contributed by atoms with van der Waals surface area (Å²) < 4.78 is 6.27. The summed E-state index contributed by atoms with van der Waals surface area (Å²) in [5, 5.41) is 2.15. The molecular formula is C16H19N3OS. The Balaban J connectivity index is 1.40. The van der Waals surface area contributed by atoms with Crippen LogP contribution in [0.25, 0.3) is 0 Å². The molecule has 2 fully saturated rings. The van der Waals surface area contributed by atoms with E-state index in [-0.39, 0.29) is 6.10 Å². The van der Waals surface area contributed by atoms with Crippen molar-refractivity contribution in [1.29, 1.82) is 0 Å². The van der Waals surface area contributed by atoms with Crippen LogP contribution in [0, 0.1) is 5.92 Å². The van der Waals surface area contributed by atoms with Gasteiger partial charge in [-0.3, -0.25) is 4.90 Å². The molecule has 5 heteroatoms. The molecule has 2 aliphatic rings. The molecular weight excluding hydrogens is 282 g/mol. The standard InChI is InChI=1S/C16H19N3OS/c1-2-13(21-7-1)9-19-6-4-12-8-15(20-16(12)10-19)14-3-5-17-11-18-14/h1-3,5,7,11-12,15-16H,4,6,8-10H2/t12-,15+,16+/m1/s1. The number of fused-ring (bicyclic) bond motifs is 1. The van der Waals surface area contributed by atoms with Crippen molar-refractivity contribution in [3.63, 3.8) is 0 Å². The van der Waals surface area contributed by atoms with E-state index in [9.17, 15) is 0 Å². The molecule has 2 aromatic rings. The third-order valence-corrected chi connectivity index (χ3v) is 5.39. The van der Waals surface area contributed by atoms with Crippen molar-refractivity contribution in [3.8, 4) is 0 Å². The smallest absolute Gasteiger partial charge is 0.115 e. The van der Waals surface area contributed by atoms with Crippen molar-refractivity contribution in [2.24, 2.45) is 5.92 Å². The monoisotopic (exact) mass is 301 g/mol. The molecule has 0 amide bonds. The van der Waals surface area contributed by atoms with Crippen LogP contribution in [0.1, 0.15) is 29.5 Å². The van der Waals surface area contributed by atoms with Crippen LogP contribution in [0.15, 0.2) is 36.1 Å². The summed E-state index contributed by atoms with van der Waals surface area (Å²) in [7, 11) is 0. The molecule has 0 unspecified atom stereocenters. The zero-order chi connectivity index (χ0) is 14.1. The van der Waals surface area contributed by atoms with Gasteiger partial charge in [-0.05, 0) is 42.8 Å². The Kier molecular flexibility index (Phi) is 3.71. The summed E-state index contributed by atoms with van der Waals surface area (Å²) in [5.41, 5.74) is 1.03. The van der Waals surface area contributed by atoms with Crippen LogP contribution in [-0.4, -0.2) is 34.1 Å². The summed E-state index contributed by atoms with van der Waals surface area (Å²) in [5.74, 6) is 0.685. The highest BCUT2D eigenvalue weighted by molar-refractivity contribution is 7.09. The maximum atomic E-state index is 6.27. The van der Waals surface area contributed by atoms with E-state index >= 15 is 0 Å². The molecule has 4 rings (SSSR count). The first-order valence-electron chi connectivity index (χ1n) is 7.54. The minimum absolute atomic E-state index is 0.157. The average Bonchev–Trinajstić information content (AvgIpc) is 3.17. The van der Waals surface area contributed by atoms with Gasteiger partial charge in [-0.25, -0.2) is 9.97 Å². The molecule has 0 bridgehead atoms. The maximum absolute atomic E-state index is 6.27. The Morgan fingerprint density at radius 3 is 3.19 bits per heavy atom. The SMILES string of the molecule is c1csc(CN2CC[C@@H]3C[C@@H](c4ccncn4)O[C@H]3C2)c1. The number of rotatable bonds is 3. The molecule has 2 aromatic heterocycles. The average molecular weight is 301 g/mol. The lowest BCUT2D eigenvalue weighted by atomic mass is 9.91. The van der Waals surface area contributed by atoms with Gasteiger partial charge in [0.1, 0.15) is 12.4 Å². The Morgan fingerprint density at radius 2 is 2.38 bits per heavy atom. The van der Waals surface area contributed by atoms with Crippen molar-refractivity contribution in [1.82, 2.24) is 14.9 Å². The fourth-order valence-electron chi connectivity index (χ4n) is 3.44. The largest absolute Gasteiger partial charge is 0.367 e. The number of nitrogens with zero attached hydrogens (tertiary/aromatic N) is 3. The molecule has 21 heavy (non-hydrogen) atoms. The highest BCUT2D eigenvalue weighted by Gasteiger charge is 2.39. The fourth-order valence-corrected chi connectivity index (χ4v) is 4.19. The molecule has 0 aliphatic carbocycles. The second kappa shape index (κ2) is 5.83. The van der Waals surface area contributed by atoms with Crippen molar-refractivity contribution in [3.05, 3.63) is 46.7 Å². The summed E-state index contributed by atoms with van der Waals surface area (Å²) in [6.07, 6.45) is 6.27. The summed E-state index contributed by atoms with van der Waals surface area (Å²) in [6.45, 7) is 3.28. The summed E-state index contributed by atoms with van der Waals surface area (Å²) >= 11 is 1.84. The van der Waals surface area contributed by atoms with Gasteiger partial charge in [0.05, 0.1) is 11.8 Å². The highest BCUT2D eigenvalue weighted by Crippen LogP contribution is 2.40. The molecule has 4 heterocycles. The van der Waals surface area contributed by atoms with Crippen LogP contribution in [0.3, 0.4) is 0 Å². The Labute approximate surface area is 128 Å². The minimum Gasteiger partial charge on any atom is -0.367 e. The Bertz CT molecular complexity index is 574. The van der Waals surface area contributed by atoms with Crippen LogP contribution in [-0.2, 0) is 11.3 Å². The minimum atomic E-state index is 0.157. The molecule has 110 valence electrons. The normalized spacial score (nSPS) is 29.4. The van der Waals surface area contributed by atoms with Crippen LogP contribution in [0.2, 0.25) is 0 Å². The fraction of sp³-hybridized carbons (Fsp3) is 0.500. The van der Waals surface area contributed by atoms with E-state index in [2.05, 4.69) is 32.4 Å². The zero-order valence-electron chi connectivity index (χ0n) is 11.9. The molecule has 0 radical (unpaired) electrons. The molecule has 0 aromatic carbocycles. The van der Waals surface area contributed by atoms with E-state index in [1.54, 1.807) is 12.5 Å². The van der Waals surface area contributed by atoms with Gasteiger partial charge in [0.2, 0.25) is 0 Å². The first kappa shape index (κ1) is 13.4. The number of hydrogen-bond acceptors (Lipinski definition) is 5. The number of thiophene rings is 1. The van der Waals surface area contributed by atoms with E-state index in [1.807, 2.05) is 17.4 Å². The van der Waals surface area contributed by atoms with Gasteiger partial charge in [0.15, 0.2) is 0 Å². The number of ether oxygens (including phenoxy) is 1. The van der Waals surface area contributed by atoms with Crippen LogP contribution in [0.4, 0.5) is 0 Å².